The number of aryl methyl sites for hydroxylation is 1. The SMILES string of the molecule is Cc1ccccc1CSCCC(C)(C)C#N. The first-order chi connectivity index (χ1) is 7.55. The Bertz CT molecular complexity index is 377. The molecule has 0 fully saturated rings. The lowest BCUT2D eigenvalue weighted by Gasteiger charge is -2.14. The van der Waals surface area contributed by atoms with E-state index in [1.54, 1.807) is 0 Å². The Morgan fingerprint density at radius 2 is 2.00 bits per heavy atom. The third-order valence-corrected chi connectivity index (χ3v) is 3.70. The van der Waals surface area contributed by atoms with Crippen LogP contribution >= 0.6 is 11.8 Å². The minimum atomic E-state index is -0.182. The topological polar surface area (TPSA) is 23.8 Å². The molecule has 0 N–H and O–H groups in total. The van der Waals surface area contributed by atoms with E-state index in [2.05, 4.69) is 37.3 Å². The number of benzene rings is 1. The van der Waals surface area contributed by atoms with Crippen molar-refractivity contribution in [3.05, 3.63) is 35.4 Å². The molecule has 1 aromatic carbocycles. The van der Waals surface area contributed by atoms with E-state index in [0.717, 1.165) is 17.9 Å². The maximum atomic E-state index is 8.90. The highest BCUT2D eigenvalue weighted by atomic mass is 32.2. The summed E-state index contributed by atoms with van der Waals surface area (Å²) in [5.41, 5.74) is 2.58. The Labute approximate surface area is 103 Å². The number of rotatable bonds is 5. The molecule has 16 heavy (non-hydrogen) atoms. The zero-order chi connectivity index (χ0) is 12.0. The van der Waals surface area contributed by atoms with E-state index in [9.17, 15) is 0 Å². The summed E-state index contributed by atoms with van der Waals surface area (Å²) in [5, 5.41) is 8.90. The lowest BCUT2D eigenvalue weighted by molar-refractivity contribution is 0.482. The summed E-state index contributed by atoms with van der Waals surface area (Å²) in [4.78, 5) is 0. The van der Waals surface area contributed by atoms with Gasteiger partial charge in [-0.3, -0.25) is 0 Å². The van der Waals surface area contributed by atoms with Gasteiger partial charge in [-0.05, 0) is 44.1 Å². The zero-order valence-electron chi connectivity index (χ0n) is 10.3. The van der Waals surface area contributed by atoms with Crippen LogP contribution in [0.3, 0.4) is 0 Å². The quantitative estimate of drug-likeness (QED) is 0.713. The van der Waals surface area contributed by atoms with Crippen molar-refractivity contribution in [1.82, 2.24) is 0 Å². The second-order valence-electron chi connectivity index (χ2n) is 4.72. The van der Waals surface area contributed by atoms with Crippen molar-refractivity contribution < 1.29 is 0 Å². The van der Waals surface area contributed by atoms with Crippen LogP contribution < -0.4 is 0 Å². The molecular formula is C14H19NS. The molecule has 0 aliphatic rings. The molecule has 2 heteroatoms. The van der Waals surface area contributed by atoms with Crippen LogP contribution in [-0.4, -0.2) is 5.75 Å². The van der Waals surface area contributed by atoms with Crippen LogP contribution in [0.15, 0.2) is 24.3 Å². The molecule has 1 aromatic rings. The summed E-state index contributed by atoms with van der Waals surface area (Å²) < 4.78 is 0. The minimum Gasteiger partial charge on any atom is -0.198 e. The molecular weight excluding hydrogens is 214 g/mol. The standard InChI is InChI=1S/C14H19NS/c1-12-6-4-5-7-13(12)10-16-9-8-14(2,3)11-15/h4-7H,8-10H2,1-3H3. The maximum absolute atomic E-state index is 8.90. The molecule has 0 unspecified atom stereocenters. The molecule has 0 aromatic heterocycles. The molecule has 0 atom stereocenters. The largest absolute Gasteiger partial charge is 0.198 e. The van der Waals surface area contributed by atoms with E-state index < -0.39 is 0 Å². The van der Waals surface area contributed by atoms with E-state index in [0.29, 0.717) is 0 Å². The second kappa shape index (κ2) is 5.96. The fourth-order valence-electron chi connectivity index (χ4n) is 1.34. The zero-order valence-corrected chi connectivity index (χ0v) is 11.1. The summed E-state index contributed by atoms with van der Waals surface area (Å²) in [7, 11) is 0. The van der Waals surface area contributed by atoms with Crippen molar-refractivity contribution in [3.8, 4) is 6.07 Å². The van der Waals surface area contributed by atoms with E-state index in [1.807, 2.05) is 25.6 Å². The first-order valence-corrected chi connectivity index (χ1v) is 6.74. The van der Waals surface area contributed by atoms with Crippen molar-refractivity contribution in [2.75, 3.05) is 5.75 Å². The lowest BCUT2D eigenvalue weighted by atomic mass is 9.93. The highest BCUT2D eigenvalue weighted by molar-refractivity contribution is 7.98. The van der Waals surface area contributed by atoms with Gasteiger partial charge in [0.25, 0.3) is 0 Å². The van der Waals surface area contributed by atoms with Crippen LogP contribution in [0.4, 0.5) is 0 Å². The molecule has 1 rings (SSSR count). The number of nitriles is 1. The third kappa shape index (κ3) is 4.28. The van der Waals surface area contributed by atoms with Crippen LogP contribution in [-0.2, 0) is 5.75 Å². The molecule has 0 spiro atoms. The van der Waals surface area contributed by atoms with Gasteiger partial charge in [-0.15, -0.1) is 0 Å². The van der Waals surface area contributed by atoms with Gasteiger partial charge in [-0.2, -0.15) is 17.0 Å². The fourth-order valence-corrected chi connectivity index (χ4v) is 2.68. The summed E-state index contributed by atoms with van der Waals surface area (Å²) >= 11 is 1.91. The van der Waals surface area contributed by atoms with Gasteiger partial charge < -0.3 is 0 Å². The molecule has 0 saturated carbocycles. The van der Waals surface area contributed by atoms with E-state index in [1.165, 1.54) is 11.1 Å². The predicted molar refractivity (Wildman–Crippen MR) is 71.4 cm³/mol. The molecule has 0 saturated heterocycles. The van der Waals surface area contributed by atoms with Gasteiger partial charge in [-0.1, -0.05) is 24.3 Å². The highest BCUT2D eigenvalue weighted by Crippen LogP contribution is 2.23. The number of nitrogens with zero attached hydrogens (tertiary/aromatic N) is 1. The van der Waals surface area contributed by atoms with Crippen molar-refractivity contribution in [2.24, 2.45) is 5.41 Å². The first kappa shape index (κ1) is 13.1. The Morgan fingerprint density at radius 1 is 1.31 bits per heavy atom. The molecule has 1 nitrogen and oxygen atoms in total. The molecule has 0 aliphatic heterocycles. The maximum Gasteiger partial charge on any atom is 0.0684 e. The Morgan fingerprint density at radius 3 is 2.62 bits per heavy atom. The van der Waals surface area contributed by atoms with Crippen LogP contribution in [0.2, 0.25) is 0 Å². The van der Waals surface area contributed by atoms with Gasteiger partial charge >= 0.3 is 0 Å². The van der Waals surface area contributed by atoms with Crippen molar-refractivity contribution in [2.45, 2.75) is 32.9 Å². The Balaban J connectivity index is 2.33. The van der Waals surface area contributed by atoms with Gasteiger partial charge in [0.2, 0.25) is 0 Å². The molecule has 0 aliphatic carbocycles. The van der Waals surface area contributed by atoms with E-state index in [4.69, 9.17) is 5.26 Å². The van der Waals surface area contributed by atoms with Crippen LogP contribution in [0.1, 0.15) is 31.4 Å². The Hall–Kier alpha value is -0.940. The Kier molecular flexibility index (Phi) is 4.89. The molecule has 0 amide bonds. The van der Waals surface area contributed by atoms with Crippen molar-refractivity contribution >= 4 is 11.8 Å². The molecule has 0 bridgehead atoms. The van der Waals surface area contributed by atoms with E-state index >= 15 is 0 Å². The fraction of sp³-hybridized carbons (Fsp3) is 0.500. The number of hydrogen-bond acceptors (Lipinski definition) is 2. The summed E-state index contributed by atoms with van der Waals surface area (Å²) in [5.74, 6) is 2.10. The van der Waals surface area contributed by atoms with Gasteiger partial charge in [0.1, 0.15) is 0 Å². The van der Waals surface area contributed by atoms with Crippen LogP contribution in [0.5, 0.6) is 0 Å². The van der Waals surface area contributed by atoms with Gasteiger partial charge in [-0.25, -0.2) is 0 Å². The van der Waals surface area contributed by atoms with Gasteiger partial charge in [0.05, 0.1) is 11.5 Å². The van der Waals surface area contributed by atoms with Crippen LogP contribution in [0.25, 0.3) is 0 Å². The predicted octanol–water partition coefficient (Wildman–Crippen LogP) is 4.17. The van der Waals surface area contributed by atoms with Gasteiger partial charge in [0, 0.05) is 5.75 Å². The summed E-state index contributed by atoms with van der Waals surface area (Å²) in [6.07, 6.45) is 0.958. The minimum absolute atomic E-state index is 0.182. The molecule has 86 valence electrons. The highest BCUT2D eigenvalue weighted by Gasteiger charge is 2.15. The molecule has 0 radical (unpaired) electrons. The average molecular weight is 233 g/mol. The van der Waals surface area contributed by atoms with Crippen molar-refractivity contribution in [1.29, 1.82) is 5.26 Å². The lowest BCUT2D eigenvalue weighted by Crippen LogP contribution is -2.08. The smallest absolute Gasteiger partial charge is 0.0684 e. The van der Waals surface area contributed by atoms with Crippen LogP contribution in [0, 0.1) is 23.7 Å². The summed E-state index contributed by atoms with van der Waals surface area (Å²) in [6.45, 7) is 6.15. The summed E-state index contributed by atoms with van der Waals surface area (Å²) in [6, 6.07) is 10.8. The third-order valence-electron chi connectivity index (χ3n) is 2.69. The molecule has 0 heterocycles. The number of hydrogen-bond donors (Lipinski definition) is 0. The average Bonchev–Trinajstić information content (AvgIpc) is 2.27. The second-order valence-corrected chi connectivity index (χ2v) is 5.83. The normalized spacial score (nSPS) is 11.1. The first-order valence-electron chi connectivity index (χ1n) is 5.59. The monoisotopic (exact) mass is 233 g/mol. The van der Waals surface area contributed by atoms with Crippen molar-refractivity contribution in [3.63, 3.8) is 0 Å². The van der Waals surface area contributed by atoms with Gasteiger partial charge in [0.15, 0.2) is 0 Å². The van der Waals surface area contributed by atoms with E-state index in [-0.39, 0.29) is 5.41 Å². The number of thioether (sulfide) groups is 1.